The first-order chi connectivity index (χ1) is 14.2. The summed E-state index contributed by atoms with van der Waals surface area (Å²) in [5, 5.41) is 3.18. The van der Waals surface area contributed by atoms with Crippen molar-refractivity contribution in [3.8, 4) is 0 Å². The number of hydrogen-bond donors (Lipinski definition) is 1. The molecule has 2 aromatic rings. The summed E-state index contributed by atoms with van der Waals surface area (Å²) in [6.07, 6.45) is 4.70. The van der Waals surface area contributed by atoms with Gasteiger partial charge in [0.15, 0.2) is 0 Å². The third-order valence-corrected chi connectivity index (χ3v) is 7.58. The number of carbonyl (C=O) groups excluding carboxylic acids is 2. The average molecular weight is 515 g/mol. The largest absolute Gasteiger partial charge is 0.462 e. The van der Waals surface area contributed by atoms with Gasteiger partial charge >= 0.3 is 5.97 Å². The fourth-order valence-electron chi connectivity index (χ4n) is 3.38. The zero-order chi connectivity index (χ0) is 21.9. The number of nitrogens with zero attached hydrogens (tertiary/aromatic N) is 1. The molecule has 0 saturated carbocycles. The van der Waals surface area contributed by atoms with Crippen LogP contribution in [0.2, 0.25) is 0 Å². The van der Waals surface area contributed by atoms with Gasteiger partial charge in [0.25, 0.3) is 0 Å². The quantitative estimate of drug-likeness (QED) is 0.564. The minimum absolute atomic E-state index is 0.238. The number of anilines is 2. The highest BCUT2D eigenvalue weighted by Gasteiger charge is 2.28. The molecule has 1 aliphatic rings. The normalized spacial score (nSPS) is 13.4. The molecule has 0 bridgehead atoms. The summed E-state index contributed by atoms with van der Waals surface area (Å²) in [6.45, 7) is 1.57. The number of rotatable bonds is 7. The van der Waals surface area contributed by atoms with Crippen LogP contribution in [0.15, 0.2) is 28.7 Å². The number of esters is 1. The van der Waals surface area contributed by atoms with Crippen LogP contribution >= 0.6 is 27.3 Å². The van der Waals surface area contributed by atoms with E-state index in [1.165, 1.54) is 11.3 Å². The molecule has 1 aliphatic carbocycles. The van der Waals surface area contributed by atoms with Gasteiger partial charge in [-0.25, -0.2) is 13.2 Å². The molecule has 0 spiro atoms. The lowest BCUT2D eigenvalue weighted by molar-refractivity contribution is -0.114. The number of carbonyl (C=O) groups is 2. The van der Waals surface area contributed by atoms with Crippen LogP contribution < -0.4 is 9.62 Å². The molecule has 1 aromatic heterocycles. The molecule has 0 saturated heterocycles. The molecule has 0 radical (unpaired) electrons. The first kappa shape index (κ1) is 22.8. The van der Waals surface area contributed by atoms with Crippen molar-refractivity contribution < 1.29 is 22.7 Å². The Morgan fingerprint density at radius 2 is 1.87 bits per heavy atom. The molecule has 1 N–H and O–H groups in total. The van der Waals surface area contributed by atoms with Crippen LogP contribution in [0, 0.1) is 0 Å². The second kappa shape index (κ2) is 9.49. The van der Waals surface area contributed by atoms with E-state index >= 15 is 0 Å². The molecular formula is C20H23BrN2O5S2. The van der Waals surface area contributed by atoms with Crippen molar-refractivity contribution in [2.75, 3.05) is 29.0 Å². The maximum Gasteiger partial charge on any atom is 0.341 e. The van der Waals surface area contributed by atoms with Crippen molar-refractivity contribution in [3.63, 3.8) is 0 Å². The van der Waals surface area contributed by atoms with Gasteiger partial charge < -0.3 is 10.1 Å². The highest BCUT2D eigenvalue weighted by atomic mass is 79.9. The maximum absolute atomic E-state index is 12.8. The number of nitrogens with one attached hydrogen (secondary N) is 1. The molecule has 0 fully saturated rings. The zero-order valence-corrected chi connectivity index (χ0v) is 20.0. The number of halogens is 1. The number of thiophene rings is 1. The van der Waals surface area contributed by atoms with E-state index in [4.69, 9.17) is 4.74 Å². The van der Waals surface area contributed by atoms with Crippen molar-refractivity contribution in [3.05, 3.63) is 44.7 Å². The van der Waals surface area contributed by atoms with E-state index in [9.17, 15) is 18.0 Å². The van der Waals surface area contributed by atoms with Gasteiger partial charge in [-0.05, 0) is 62.4 Å². The summed E-state index contributed by atoms with van der Waals surface area (Å²) in [4.78, 5) is 26.4. The fourth-order valence-corrected chi connectivity index (χ4v) is 5.79. The van der Waals surface area contributed by atoms with Crippen LogP contribution in [-0.4, -0.2) is 39.7 Å². The Bertz CT molecular complexity index is 1050. The Labute approximate surface area is 188 Å². The standard InChI is InChI=1S/C20H23BrN2O5S2/c1-3-28-20(25)18-15-6-4-5-7-16(15)29-19(18)22-17(24)12-23(30(2,26)27)14-10-8-13(21)9-11-14/h8-11H,3-7,12H2,1-2H3,(H,22,24). The summed E-state index contributed by atoms with van der Waals surface area (Å²) in [7, 11) is -3.69. The molecule has 3 rings (SSSR count). The van der Waals surface area contributed by atoms with Crippen molar-refractivity contribution in [2.24, 2.45) is 0 Å². The van der Waals surface area contributed by atoms with Gasteiger partial charge in [0.2, 0.25) is 15.9 Å². The van der Waals surface area contributed by atoms with E-state index in [1.807, 2.05) is 0 Å². The molecule has 0 unspecified atom stereocenters. The van der Waals surface area contributed by atoms with Crippen molar-refractivity contribution >= 4 is 59.9 Å². The minimum Gasteiger partial charge on any atom is -0.462 e. The van der Waals surface area contributed by atoms with Gasteiger partial charge in [-0.1, -0.05) is 15.9 Å². The lowest BCUT2D eigenvalue weighted by atomic mass is 9.95. The van der Waals surface area contributed by atoms with Gasteiger partial charge in [-0.3, -0.25) is 9.10 Å². The number of ether oxygens (including phenoxy) is 1. The number of fused-ring (bicyclic) bond motifs is 1. The van der Waals surface area contributed by atoms with E-state index < -0.39 is 28.4 Å². The third kappa shape index (κ3) is 5.22. The van der Waals surface area contributed by atoms with Gasteiger partial charge in [0.05, 0.1) is 24.1 Å². The summed E-state index contributed by atoms with van der Waals surface area (Å²) in [5.74, 6) is -0.979. The Balaban J connectivity index is 1.86. The van der Waals surface area contributed by atoms with Crippen molar-refractivity contribution in [1.82, 2.24) is 0 Å². The second-order valence-corrected chi connectivity index (χ2v) is 10.9. The Hall–Kier alpha value is -1.91. The number of hydrogen-bond acceptors (Lipinski definition) is 6. The van der Waals surface area contributed by atoms with Gasteiger partial charge in [0.1, 0.15) is 11.5 Å². The molecule has 1 heterocycles. The predicted octanol–water partition coefficient (Wildman–Crippen LogP) is 3.97. The molecular weight excluding hydrogens is 492 g/mol. The lowest BCUT2D eigenvalue weighted by Crippen LogP contribution is -2.37. The number of sulfonamides is 1. The van der Waals surface area contributed by atoms with E-state index in [2.05, 4.69) is 21.2 Å². The molecule has 1 aromatic carbocycles. The van der Waals surface area contributed by atoms with Gasteiger partial charge in [-0.15, -0.1) is 11.3 Å². The van der Waals surface area contributed by atoms with Gasteiger partial charge in [-0.2, -0.15) is 0 Å². The van der Waals surface area contributed by atoms with Gasteiger partial charge in [0, 0.05) is 9.35 Å². The van der Waals surface area contributed by atoms with Crippen LogP contribution in [0.1, 0.15) is 40.6 Å². The molecule has 30 heavy (non-hydrogen) atoms. The van der Waals surface area contributed by atoms with E-state index in [-0.39, 0.29) is 6.61 Å². The SMILES string of the molecule is CCOC(=O)c1c(NC(=O)CN(c2ccc(Br)cc2)S(C)(=O)=O)sc2c1CCCC2. The number of aryl methyl sites for hydroxylation is 1. The highest BCUT2D eigenvalue weighted by Crippen LogP contribution is 2.38. The fraction of sp³-hybridized carbons (Fsp3) is 0.400. The first-order valence-corrected chi connectivity index (χ1v) is 13.0. The van der Waals surface area contributed by atoms with Crippen molar-refractivity contribution in [2.45, 2.75) is 32.6 Å². The summed E-state index contributed by atoms with van der Waals surface area (Å²) in [5.41, 5.74) is 1.72. The second-order valence-electron chi connectivity index (χ2n) is 6.93. The topological polar surface area (TPSA) is 92.8 Å². The monoisotopic (exact) mass is 514 g/mol. The lowest BCUT2D eigenvalue weighted by Gasteiger charge is -2.22. The summed E-state index contributed by atoms with van der Waals surface area (Å²) >= 11 is 4.68. The van der Waals surface area contributed by atoms with Crippen LogP contribution in [-0.2, 0) is 32.4 Å². The molecule has 0 aliphatic heterocycles. The van der Waals surface area contributed by atoms with E-state index in [0.717, 1.165) is 51.2 Å². The smallest absolute Gasteiger partial charge is 0.341 e. The summed E-state index contributed by atoms with van der Waals surface area (Å²) in [6, 6.07) is 6.65. The zero-order valence-electron chi connectivity index (χ0n) is 16.7. The molecule has 1 amide bonds. The Morgan fingerprint density at radius 3 is 2.50 bits per heavy atom. The van der Waals surface area contributed by atoms with Crippen LogP contribution in [0.3, 0.4) is 0 Å². The summed E-state index contributed by atoms with van der Waals surface area (Å²) < 4.78 is 31.6. The Morgan fingerprint density at radius 1 is 1.20 bits per heavy atom. The molecule has 0 atom stereocenters. The maximum atomic E-state index is 12.8. The highest BCUT2D eigenvalue weighted by molar-refractivity contribution is 9.10. The van der Waals surface area contributed by atoms with Crippen LogP contribution in [0.25, 0.3) is 0 Å². The minimum atomic E-state index is -3.69. The first-order valence-electron chi connectivity index (χ1n) is 9.55. The van der Waals surface area contributed by atoms with E-state index in [1.54, 1.807) is 31.2 Å². The molecule has 162 valence electrons. The average Bonchev–Trinajstić information content (AvgIpc) is 3.04. The number of amides is 1. The van der Waals surface area contributed by atoms with Crippen LogP contribution in [0.5, 0.6) is 0 Å². The van der Waals surface area contributed by atoms with Crippen molar-refractivity contribution in [1.29, 1.82) is 0 Å². The third-order valence-electron chi connectivity index (χ3n) is 4.71. The Kier molecular flexibility index (Phi) is 7.20. The molecule has 10 heteroatoms. The number of benzene rings is 1. The van der Waals surface area contributed by atoms with Crippen LogP contribution in [0.4, 0.5) is 10.7 Å². The predicted molar refractivity (Wildman–Crippen MR) is 122 cm³/mol. The molecule has 7 nitrogen and oxygen atoms in total. The van der Waals surface area contributed by atoms with E-state index in [0.29, 0.717) is 16.3 Å².